The van der Waals surface area contributed by atoms with Crippen molar-refractivity contribution >= 4 is 11.8 Å². The average molecular weight is 398 g/mol. The molecule has 0 spiro atoms. The topological polar surface area (TPSA) is 18.5 Å². The molecule has 0 amide bonds. The highest BCUT2D eigenvalue weighted by Crippen LogP contribution is 2.31. The molecule has 148 valence electrons. The summed E-state index contributed by atoms with van der Waals surface area (Å²) in [6.07, 6.45) is -3.34. The number of hydrogen-bond donors (Lipinski definition) is 0. The fourth-order valence-electron chi connectivity index (χ4n) is 2.35. The highest BCUT2D eigenvalue weighted by molar-refractivity contribution is 7.99. The summed E-state index contributed by atoms with van der Waals surface area (Å²) in [6, 6.07) is 11.0. The van der Waals surface area contributed by atoms with Crippen LogP contribution in [-0.4, -0.2) is 19.0 Å². The zero-order valence-corrected chi connectivity index (χ0v) is 16.6. The third-order valence-corrected chi connectivity index (χ3v) is 5.18. The van der Waals surface area contributed by atoms with Crippen molar-refractivity contribution in [2.24, 2.45) is 5.92 Å². The van der Waals surface area contributed by atoms with E-state index in [4.69, 9.17) is 9.47 Å². The smallest absolute Gasteiger partial charge is 0.416 e. The number of rotatable bonds is 9. The molecule has 2 aromatic rings. The van der Waals surface area contributed by atoms with Crippen molar-refractivity contribution < 1.29 is 22.6 Å². The Morgan fingerprint density at radius 1 is 1.04 bits per heavy atom. The molecule has 0 heterocycles. The molecular weight excluding hydrogens is 373 g/mol. The first-order valence-corrected chi connectivity index (χ1v) is 9.94. The van der Waals surface area contributed by atoms with E-state index < -0.39 is 11.7 Å². The van der Waals surface area contributed by atoms with Gasteiger partial charge < -0.3 is 9.47 Å². The zero-order valence-electron chi connectivity index (χ0n) is 15.8. The Kier molecular flexibility index (Phi) is 7.90. The maximum Gasteiger partial charge on any atom is 0.416 e. The molecule has 0 bridgehead atoms. The van der Waals surface area contributed by atoms with Gasteiger partial charge in [0.15, 0.2) is 0 Å². The molecule has 2 aromatic carbocycles. The predicted octanol–water partition coefficient (Wildman–Crippen LogP) is 6.61. The Labute approximate surface area is 163 Å². The van der Waals surface area contributed by atoms with Crippen LogP contribution >= 0.6 is 11.8 Å². The lowest BCUT2D eigenvalue weighted by Gasteiger charge is -2.14. The molecule has 0 N–H and O–H groups in total. The summed E-state index contributed by atoms with van der Waals surface area (Å²) in [4.78, 5) is 1.16. The SMILES string of the molecule is CCCOc1ccc(SCC(C)COc2ccc(C(F)(F)F)cc2)cc1C. The Balaban J connectivity index is 1.79. The van der Waals surface area contributed by atoms with Gasteiger partial charge in [0.2, 0.25) is 0 Å². The van der Waals surface area contributed by atoms with E-state index in [-0.39, 0.29) is 5.92 Å². The minimum Gasteiger partial charge on any atom is -0.493 e. The quantitative estimate of drug-likeness (QED) is 0.443. The maximum absolute atomic E-state index is 12.6. The molecule has 1 unspecified atom stereocenters. The van der Waals surface area contributed by atoms with Gasteiger partial charge in [-0.05, 0) is 67.3 Å². The molecule has 0 saturated carbocycles. The van der Waals surface area contributed by atoms with Gasteiger partial charge in [0.05, 0.1) is 18.8 Å². The second-order valence-electron chi connectivity index (χ2n) is 6.53. The molecule has 6 heteroatoms. The van der Waals surface area contributed by atoms with Crippen LogP contribution in [0.15, 0.2) is 47.4 Å². The van der Waals surface area contributed by atoms with Gasteiger partial charge in [0.25, 0.3) is 0 Å². The fourth-order valence-corrected chi connectivity index (χ4v) is 3.35. The van der Waals surface area contributed by atoms with Crippen LogP contribution in [0.25, 0.3) is 0 Å². The molecule has 1 atom stereocenters. The largest absolute Gasteiger partial charge is 0.493 e. The molecule has 0 radical (unpaired) electrons. The maximum atomic E-state index is 12.6. The van der Waals surface area contributed by atoms with Crippen molar-refractivity contribution in [3.8, 4) is 11.5 Å². The Morgan fingerprint density at radius 2 is 1.74 bits per heavy atom. The van der Waals surface area contributed by atoms with Crippen LogP contribution in [0.3, 0.4) is 0 Å². The second kappa shape index (κ2) is 9.93. The van der Waals surface area contributed by atoms with E-state index in [0.29, 0.717) is 19.0 Å². The van der Waals surface area contributed by atoms with Gasteiger partial charge in [-0.2, -0.15) is 13.2 Å². The number of ether oxygens (including phenoxy) is 2. The summed E-state index contributed by atoms with van der Waals surface area (Å²) in [6.45, 7) is 7.34. The van der Waals surface area contributed by atoms with Crippen LogP contribution < -0.4 is 9.47 Å². The third-order valence-electron chi connectivity index (χ3n) is 3.86. The molecule has 0 fully saturated rings. The van der Waals surface area contributed by atoms with Crippen molar-refractivity contribution in [3.63, 3.8) is 0 Å². The summed E-state index contributed by atoms with van der Waals surface area (Å²) in [5.74, 6) is 2.48. The van der Waals surface area contributed by atoms with Crippen LogP contribution in [0.2, 0.25) is 0 Å². The van der Waals surface area contributed by atoms with Gasteiger partial charge in [-0.3, -0.25) is 0 Å². The minimum atomic E-state index is -4.32. The van der Waals surface area contributed by atoms with Crippen LogP contribution in [-0.2, 0) is 6.18 Å². The first-order chi connectivity index (χ1) is 12.8. The minimum absolute atomic E-state index is 0.258. The number of benzene rings is 2. The molecule has 0 aliphatic carbocycles. The number of thioether (sulfide) groups is 1. The highest BCUT2D eigenvalue weighted by Gasteiger charge is 2.30. The number of aryl methyl sites for hydroxylation is 1. The number of alkyl halides is 3. The molecule has 0 aliphatic heterocycles. The number of hydrogen-bond acceptors (Lipinski definition) is 3. The van der Waals surface area contributed by atoms with Crippen LogP contribution in [0.1, 0.15) is 31.4 Å². The molecule has 2 nitrogen and oxygen atoms in total. The van der Waals surface area contributed by atoms with Crippen molar-refractivity contribution in [1.82, 2.24) is 0 Å². The molecule has 0 saturated heterocycles. The monoisotopic (exact) mass is 398 g/mol. The lowest BCUT2D eigenvalue weighted by atomic mass is 10.2. The Hall–Kier alpha value is -1.82. The van der Waals surface area contributed by atoms with Crippen molar-refractivity contribution in [1.29, 1.82) is 0 Å². The van der Waals surface area contributed by atoms with Gasteiger partial charge in [0, 0.05) is 10.6 Å². The van der Waals surface area contributed by atoms with E-state index >= 15 is 0 Å². The average Bonchev–Trinajstić information content (AvgIpc) is 2.63. The lowest BCUT2D eigenvalue weighted by Crippen LogP contribution is -2.11. The van der Waals surface area contributed by atoms with E-state index in [1.54, 1.807) is 11.8 Å². The lowest BCUT2D eigenvalue weighted by molar-refractivity contribution is -0.137. The van der Waals surface area contributed by atoms with E-state index in [1.165, 1.54) is 12.1 Å². The summed E-state index contributed by atoms with van der Waals surface area (Å²) >= 11 is 1.73. The molecule has 0 aliphatic rings. The van der Waals surface area contributed by atoms with Crippen molar-refractivity contribution in [3.05, 3.63) is 53.6 Å². The fraction of sp³-hybridized carbons (Fsp3) is 0.429. The highest BCUT2D eigenvalue weighted by atomic mass is 32.2. The molecule has 0 aromatic heterocycles. The van der Waals surface area contributed by atoms with Crippen molar-refractivity contribution in [2.45, 2.75) is 38.3 Å². The van der Waals surface area contributed by atoms with E-state index in [9.17, 15) is 13.2 Å². The Bertz CT molecular complexity index is 714. The predicted molar refractivity (Wildman–Crippen MR) is 104 cm³/mol. The van der Waals surface area contributed by atoms with Crippen LogP contribution in [0, 0.1) is 12.8 Å². The van der Waals surface area contributed by atoms with E-state index in [2.05, 4.69) is 19.9 Å². The van der Waals surface area contributed by atoms with Crippen molar-refractivity contribution in [2.75, 3.05) is 19.0 Å². The summed E-state index contributed by atoms with van der Waals surface area (Å²) in [5, 5.41) is 0. The van der Waals surface area contributed by atoms with Gasteiger partial charge in [-0.25, -0.2) is 0 Å². The molecule has 2 rings (SSSR count). The number of halogens is 3. The third kappa shape index (κ3) is 7.01. The Morgan fingerprint density at radius 3 is 2.33 bits per heavy atom. The van der Waals surface area contributed by atoms with Gasteiger partial charge in [0.1, 0.15) is 11.5 Å². The summed E-state index contributed by atoms with van der Waals surface area (Å²) in [5.41, 5.74) is 0.447. The van der Waals surface area contributed by atoms with Gasteiger partial charge in [-0.15, -0.1) is 11.8 Å². The van der Waals surface area contributed by atoms with E-state index in [1.807, 2.05) is 19.1 Å². The molecule has 27 heavy (non-hydrogen) atoms. The standard InChI is InChI=1S/C21H25F3O2S/c1-4-11-25-20-10-9-19(12-16(20)3)27-14-15(2)13-26-18-7-5-17(6-8-18)21(22,23)24/h5-10,12,15H,4,11,13-14H2,1-3H3. The van der Waals surface area contributed by atoms with Crippen LogP contribution in [0.4, 0.5) is 13.2 Å². The van der Waals surface area contributed by atoms with E-state index in [0.717, 1.165) is 40.5 Å². The van der Waals surface area contributed by atoms with Crippen LogP contribution in [0.5, 0.6) is 11.5 Å². The first kappa shape index (κ1) is 21.5. The van der Waals surface area contributed by atoms with Gasteiger partial charge in [-0.1, -0.05) is 13.8 Å². The summed E-state index contributed by atoms with van der Waals surface area (Å²) < 4.78 is 49.0. The first-order valence-electron chi connectivity index (χ1n) is 8.96. The second-order valence-corrected chi connectivity index (χ2v) is 7.62. The normalized spacial score (nSPS) is 12.7. The molecular formula is C21H25F3O2S. The zero-order chi connectivity index (χ0) is 19.9. The van der Waals surface area contributed by atoms with Gasteiger partial charge >= 0.3 is 6.18 Å². The summed E-state index contributed by atoms with van der Waals surface area (Å²) in [7, 11) is 0.